The molecule has 0 amide bonds. The highest BCUT2D eigenvalue weighted by atomic mass is 79.9. The highest BCUT2D eigenvalue weighted by molar-refractivity contribution is 9.10. The van der Waals surface area contributed by atoms with Gasteiger partial charge in [-0.1, -0.05) is 19.3 Å². The predicted molar refractivity (Wildman–Crippen MR) is 113 cm³/mol. The molecule has 146 valence electrons. The van der Waals surface area contributed by atoms with Gasteiger partial charge in [-0.05, 0) is 77.5 Å². The molecule has 1 aliphatic carbocycles. The molecule has 3 rings (SSSR count). The molecule has 1 saturated carbocycles. The highest BCUT2D eigenvalue weighted by Gasteiger charge is 2.22. The number of rotatable bonds is 6. The number of pyridine rings is 1. The normalized spacial score (nSPS) is 15.1. The highest BCUT2D eigenvalue weighted by Crippen LogP contribution is 2.37. The number of methoxy groups -OCH3 is 1. The third-order valence-electron chi connectivity index (χ3n) is 5.51. The Morgan fingerprint density at radius 1 is 1.19 bits per heavy atom. The first-order valence-corrected chi connectivity index (χ1v) is 10.5. The molecule has 0 aliphatic heterocycles. The molecule has 0 bridgehead atoms. The van der Waals surface area contributed by atoms with Crippen LogP contribution in [-0.4, -0.2) is 18.9 Å². The fraction of sp³-hybridized carbons (Fsp3) is 0.500. The van der Waals surface area contributed by atoms with E-state index in [1.165, 1.54) is 48.8 Å². The molecule has 0 saturated heterocycles. The number of hydrogen-bond donors (Lipinski definition) is 1. The third-order valence-corrected chi connectivity index (χ3v) is 6.56. The zero-order chi connectivity index (χ0) is 19.4. The molecule has 0 radical (unpaired) electrons. The van der Waals surface area contributed by atoms with Crippen molar-refractivity contribution >= 4 is 21.6 Å². The summed E-state index contributed by atoms with van der Waals surface area (Å²) in [5.41, 5.74) is 12.7. The molecule has 1 aromatic carbocycles. The van der Waals surface area contributed by atoms with Crippen molar-refractivity contribution in [1.82, 2.24) is 4.98 Å². The molecule has 2 aromatic rings. The van der Waals surface area contributed by atoms with E-state index in [0.717, 1.165) is 33.7 Å². The zero-order valence-corrected chi connectivity index (χ0v) is 18.1. The van der Waals surface area contributed by atoms with Gasteiger partial charge in [-0.3, -0.25) is 4.98 Å². The summed E-state index contributed by atoms with van der Waals surface area (Å²) < 4.78 is 11.9. The van der Waals surface area contributed by atoms with Gasteiger partial charge in [0.05, 0.1) is 5.69 Å². The summed E-state index contributed by atoms with van der Waals surface area (Å²) in [7, 11) is 1.65. The maximum atomic E-state index is 6.08. The van der Waals surface area contributed by atoms with Crippen LogP contribution in [0.1, 0.15) is 66.1 Å². The topological polar surface area (TPSA) is 57.4 Å². The van der Waals surface area contributed by atoms with E-state index in [1.807, 2.05) is 6.07 Å². The van der Waals surface area contributed by atoms with E-state index < -0.39 is 0 Å². The van der Waals surface area contributed by atoms with Crippen LogP contribution < -0.4 is 10.5 Å². The lowest BCUT2D eigenvalue weighted by atomic mass is 9.86. The van der Waals surface area contributed by atoms with Gasteiger partial charge in [0.15, 0.2) is 6.79 Å². The van der Waals surface area contributed by atoms with Crippen LogP contribution in [-0.2, 0) is 11.2 Å². The van der Waals surface area contributed by atoms with Gasteiger partial charge in [0, 0.05) is 35.3 Å². The van der Waals surface area contributed by atoms with E-state index >= 15 is 0 Å². The van der Waals surface area contributed by atoms with Gasteiger partial charge in [0.2, 0.25) is 0 Å². The molecular formula is C22H29BrN2O2. The zero-order valence-electron chi connectivity index (χ0n) is 16.5. The minimum atomic E-state index is 0.254. The Labute approximate surface area is 170 Å². The molecule has 1 fully saturated rings. The molecule has 2 N–H and O–H groups in total. The maximum absolute atomic E-state index is 6.08. The Kier molecular flexibility index (Phi) is 6.77. The van der Waals surface area contributed by atoms with Crippen LogP contribution in [0.2, 0.25) is 0 Å². The van der Waals surface area contributed by atoms with Crippen molar-refractivity contribution in [2.24, 2.45) is 0 Å². The summed E-state index contributed by atoms with van der Waals surface area (Å²) in [5.74, 6) is 1.34. The van der Waals surface area contributed by atoms with Crippen LogP contribution >= 0.6 is 15.9 Å². The molecule has 1 aromatic heterocycles. The maximum Gasteiger partial charge on any atom is 0.188 e. The molecule has 0 unspecified atom stereocenters. The van der Waals surface area contributed by atoms with Crippen LogP contribution in [0.4, 0.5) is 5.69 Å². The second kappa shape index (κ2) is 9.07. The fourth-order valence-electron chi connectivity index (χ4n) is 4.00. The third kappa shape index (κ3) is 4.64. The van der Waals surface area contributed by atoms with Crippen molar-refractivity contribution in [3.63, 3.8) is 0 Å². The van der Waals surface area contributed by atoms with E-state index in [-0.39, 0.29) is 6.79 Å². The van der Waals surface area contributed by atoms with Crippen molar-refractivity contribution in [3.8, 4) is 5.75 Å². The number of ether oxygens (including phenoxy) is 2. The number of nitrogen functional groups attached to an aromatic ring is 1. The number of anilines is 1. The summed E-state index contributed by atoms with van der Waals surface area (Å²) in [6, 6.07) is 6.16. The van der Waals surface area contributed by atoms with Gasteiger partial charge < -0.3 is 15.2 Å². The monoisotopic (exact) mass is 432 g/mol. The molecule has 5 heteroatoms. The Balaban J connectivity index is 1.93. The first-order chi connectivity index (χ1) is 13.0. The minimum absolute atomic E-state index is 0.254. The quantitative estimate of drug-likeness (QED) is 0.472. The second-order valence-corrected chi connectivity index (χ2v) is 8.24. The number of nitrogens with two attached hydrogens (primary N) is 1. The molecule has 27 heavy (non-hydrogen) atoms. The summed E-state index contributed by atoms with van der Waals surface area (Å²) in [6.07, 6.45) is 7.02. The van der Waals surface area contributed by atoms with Crippen molar-refractivity contribution in [2.75, 3.05) is 19.6 Å². The van der Waals surface area contributed by atoms with Gasteiger partial charge >= 0.3 is 0 Å². The lowest BCUT2D eigenvalue weighted by Crippen LogP contribution is -2.12. The lowest BCUT2D eigenvalue weighted by molar-refractivity contribution is 0.0496. The molecule has 1 heterocycles. The van der Waals surface area contributed by atoms with E-state index in [4.69, 9.17) is 20.2 Å². The fourth-order valence-corrected chi connectivity index (χ4v) is 4.35. The molecule has 1 aliphatic rings. The number of aromatic nitrogens is 1. The predicted octanol–water partition coefficient (Wildman–Crippen LogP) is 5.66. The van der Waals surface area contributed by atoms with E-state index in [2.05, 4.69) is 41.9 Å². The number of benzene rings is 1. The standard InChI is InChI=1S/C22H29BrN2O2/c1-14-11-19(24)21(23)15(2)18(14)12-17-9-10-20(27-13-26-3)22(25-17)16-7-5-4-6-8-16/h9-11,16H,4-8,12-13,24H2,1-3H3. The Morgan fingerprint density at radius 2 is 1.93 bits per heavy atom. The Bertz CT molecular complexity index is 801. The van der Waals surface area contributed by atoms with Crippen LogP contribution in [0.5, 0.6) is 5.75 Å². The first kappa shape index (κ1) is 20.2. The van der Waals surface area contributed by atoms with Crippen molar-refractivity contribution in [2.45, 2.75) is 58.3 Å². The van der Waals surface area contributed by atoms with Gasteiger partial charge in [-0.2, -0.15) is 0 Å². The lowest BCUT2D eigenvalue weighted by Gasteiger charge is -2.24. The summed E-state index contributed by atoms with van der Waals surface area (Å²) >= 11 is 3.62. The molecule has 4 nitrogen and oxygen atoms in total. The van der Waals surface area contributed by atoms with E-state index in [9.17, 15) is 0 Å². The second-order valence-electron chi connectivity index (χ2n) is 7.45. The van der Waals surface area contributed by atoms with Crippen LogP contribution in [0, 0.1) is 13.8 Å². The average molecular weight is 433 g/mol. The number of halogens is 1. The SMILES string of the molecule is COCOc1ccc(Cc2c(C)cc(N)c(Br)c2C)nc1C1CCCCC1. The molecule has 0 spiro atoms. The van der Waals surface area contributed by atoms with Crippen LogP contribution in [0.15, 0.2) is 22.7 Å². The van der Waals surface area contributed by atoms with Crippen molar-refractivity contribution in [1.29, 1.82) is 0 Å². The first-order valence-electron chi connectivity index (χ1n) is 9.66. The number of aryl methyl sites for hydroxylation is 1. The van der Waals surface area contributed by atoms with Crippen LogP contribution in [0.25, 0.3) is 0 Å². The van der Waals surface area contributed by atoms with E-state index in [0.29, 0.717) is 5.92 Å². The summed E-state index contributed by atoms with van der Waals surface area (Å²) in [4.78, 5) is 5.05. The van der Waals surface area contributed by atoms with Gasteiger partial charge in [-0.25, -0.2) is 0 Å². The van der Waals surface area contributed by atoms with E-state index in [1.54, 1.807) is 7.11 Å². The Morgan fingerprint density at radius 3 is 2.63 bits per heavy atom. The molecular weight excluding hydrogens is 404 g/mol. The number of nitrogens with zero attached hydrogens (tertiary/aromatic N) is 1. The Hall–Kier alpha value is -1.59. The molecule has 0 atom stereocenters. The summed E-state index contributed by atoms with van der Waals surface area (Å²) in [6.45, 7) is 4.48. The summed E-state index contributed by atoms with van der Waals surface area (Å²) in [5, 5.41) is 0. The van der Waals surface area contributed by atoms with Gasteiger partial charge in [0.1, 0.15) is 5.75 Å². The van der Waals surface area contributed by atoms with Gasteiger partial charge in [0.25, 0.3) is 0 Å². The van der Waals surface area contributed by atoms with Crippen molar-refractivity contribution in [3.05, 3.63) is 50.8 Å². The largest absolute Gasteiger partial charge is 0.466 e. The minimum Gasteiger partial charge on any atom is -0.466 e. The number of hydrogen-bond acceptors (Lipinski definition) is 4. The van der Waals surface area contributed by atoms with Gasteiger partial charge in [-0.15, -0.1) is 0 Å². The van der Waals surface area contributed by atoms with Crippen molar-refractivity contribution < 1.29 is 9.47 Å². The average Bonchev–Trinajstić information content (AvgIpc) is 2.69. The smallest absolute Gasteiger partial charge is 0.188 e. The van der Waals surface area contributed by atoms with Crippen LogP contribution in [0.3, 0.4) is 0 Å².